The zero-order valence-corrected chi connectivity index (χ0v) is 15.8. The molecule has 9 nitrogen and oxygen atoms in total. The number of hydrogen-bond donors (Lipinski definition) is 2. The molecule has 2 fully saturated rings. The van der Waals surface area contributed by atoms with Crippen LogP contribution >= 0.6 is 0 Å². The second kappa shape index (κ2) is 8.68. The average molecular weight is 396 g/mol. The summed E-state index contributed by atoms with van der Waals surface area (Å²) >= 11 is 0. The van der Waals surface area contributed by atoms with E-state index in [4.69, 9.17) is 4.74 Å². The standard InChI is InChI=1S/C17H24N4O5S/c22-16(18-6-8-20-9-11-26-12-10-20)17(23)19-14-2-4-15(5-3-14)21-7-1-13-27(21,24)25/h2-5H,1,6-13H2,(H,18,22)(H,19,23). The van der Waals surface area contributed by atoms with E-state index in [0.717, 1.165) is 13.1 Å². The molecule has 0 aliphatic carbocycles. The van der Waals surface area contributed by atoms with Gasteiger partial charge in [0.15, 0.2) is 0 Å². The van der Waals surface area contributed by atoms with Crippen molar-refractivity contribution in [3.05, 3.63) is 24.3 Å². The number of amides is 2. The highest BCUT2D eigenvalue weighted by Crippen LogP contribution is 2.25. The van der Waals surface area contributed by atoms with Crippen molar-refractivity contribution in [2.45, 2.75) is 6.42 Å². The van der Waals surface area contributed by atoms with Crippen LogP contribution in [0.2, 0.25) is 0 Å². The lowest BCUT2D eigenvalue weighted by atomic mass is 10.2. The third-order valence-electron chi connectivity index (χ3n) is 4.54. The van der Waals surface area contributed by atoms with E-state index in [9.17, 15) is 18.0 Å². The summed E-state index contributed by atoms with van der Waals surface area (Å²) in [6.07, 6.45) is 0.603. The molecule has 2 heterocycles. The number of benzene rings is 1. The molecule has 3 rings (SSSR count). The minimum Gasteiger partial charge on any atom is -0.379 e. The van der Waals surface area contributed by atoms with Gasteiger partial charge >= 0.3 is 11.8 Å². The van der Waals surface area contributed by atoms with Crippen molar-refractivity contribution in [2.24, 2.45) is 0 Å². The first-order valence-corrected chi connectivity index (χ1v) is 10.6. The van der Waals surface area contributed by atoms with E-state index in [-0.39, 0.29) is 5.75 Å². The second-order valence-corrected chi connectivity index (χ2v) is 8.47. The van der Waals surface area contributed by atoms with Gasteiger partial charge in [-0.05, 0) is 30.7 Å². The molecule has 0 spiro atoms. The van der Waals surface area contributed by atoms with Crippen molar-refractivity contribution in [1.82, 2.24) is 10.2 Å². The molecule has 2 amide bonds. The zero-order chi connectivity index (χ0) is 19.3. The van der Waals surface area contributed by atoms with Crippen molar-refractivity contribution in [3.8, 4) is 0 Å². The maximum absolute atomic E-state index is 12.0. The molecule has 27 heavy (non-hydrogen) atoms. The lowest BCUT2D eigenvalue weighted by Gasteiger charge is -2.26. The van der Waals surface area contributed by atoms with E-state index in [1.54, 1.807) is 24.3 Å². The molecule has 0 radical (unpaired) electrons. The minimum atomic E-state index is -3.24. The van der Waals surface area contributed by atoms with Crippen LogP contribution in [0, 0.1) is 0 Å². The Labute approximate surface area is 158 Å². The predicted molar refractivity (Wildman–Crippen MR) is 101 cm³/mol. The van der Waals surface area contributed by atoms with Crippen molar-refractivity contribution in [1.29, 1.82) is 0 Å². The first kappa shape index (κ1) is 19.6. The Balaban J connectivity index is 1.46. The SMILES string of the molecule is O=C(NCCN1CCOCC1)C(=O)Nc1ccc(N2CCCS2(=O)=O)cc1. The fourth-order valence-corrected chi connectivity index (χ4v) is 4.63. The van der Waals surface area contributed by atoms with E-state index >= 15 is 0 Å². The number of rotatable bonds is 5. The van der Waals surface area contributed by atoms with Crippen LogP contribution in [-0.4, -0.2) is 76.8 Å². The molecule has 2 N–H and O–H groups in total. The Morgan fingerprint density at radius 3 is 2.37 bits per heavy atom. The van der Waals surface area contributed by atoms with Crippen LogP contribution in [-0.2, 0) is 24.3 Å². The third-order valence-corrected chi connectivity index (χ3v) is 6.41. The van der Waals surface area contributed by atoms with E-state index in [1.807, 2.05) is 0 Å². The van der Waals surface area contributed by atoms with Crippen molar-refractivity contribution < 1.29 is 22.7 Å². The van der Waals surface area contributed by atoms with Crippen LogP contribution < -0.4 is 14.9 Å². The molecule has 1 aromatic rings. The lowest BCUT2D eigenvalue weighted by molar-refractivity contribution is -0.136. The molecular formula is C17H24N4O5S. The number of sulfonamides is 1. The first-order chi connectivity index (χ1) is 13.0. The maximum atomic E-state index is 12.0. The predicted octanol–water partition coefficient (Wildman–Crippen LogP) is -0.387. The van der Waals surface area contributed by atoms with Crippen LogP contribution in [0.25, 0.3) is 0 Å². The second-order valence-electron chi connectivity index (χ2n) is 6.45. The topological polar surface area (TPSA) is 108 Å². The summed E-state index contributed by atoms with van der Waals surface area (Å²) in [6.45, 7) is 4.52. The number of carbonyl (C=O) groups is 2. The van der Waals surface area contributed by atoms with Gasteiger partial charge in [0.1, 0.15) is 0 Å². The highest BCUT2D eigenvalue weighted by Gasteiger charge is 2.28. The summed E-state index contributed by atoms with van der Waals surface area (Å²) in [5.74, 6) is -1.30. The third kappa shape index (κ3) is 5.18. The highest BCUT2D eigenvalue weighted by molar-refractivity contribution is 7.93. The molecule has 0 aromatic heterocycles. The number of morpholine rings is 1. The van der Waals surface area contributed by atoms with Gasteiger partial charge in [0.05, 0.1) is 24.7 Å². The summed E-state index contributed by atoms with van der Waals surface area (Å²) in [6, 6.07) is 6.41. The average Bonchev–Trinajstić information content (AvgIpc) is 3.02. The number of nitrogens with one attached hydrogen (secondary N) is 2. The molecule has 148 valence electrons. The molecule has 10 heteroatoms. The molecule has 2 aliphatic rings. The lowest BCUT2D eigenvalue weighted by Crippen LogP contribution is -2.43. The number of carbonyl (C=O) groups excluding carboxylic acids is 2. The summed E-state index contributed by atoms with van der Waals surface area (Å²) in [5.41, 5.74) is 0.990. The smallest absolute Gasteiger partial charge is 0.313 e. The normalized spacial score (nSPS) is 19.6. The molecule has 2 aliphatic heterocycles. The van der Waals surface area contributed by atoms with Gasteiger partial charge < -0.3 is 15.4 Å². The Bertz CT molecular complexity index is 775. The Morgan fingerprint density at radius 2 is 1.74 bits per heavy atom. The molecule has 0 bridgehead atoms. The summed E-state index contributed by atoms with van der Waals surface area (Å²) in [5, 5.41) is 5.11. The maximum Gasteiger partial charge on any atom is 0.313 e. The van der Waals surface area contributed by atoms with Gasteiger partial charge in [-0.25, -0.2) is 8.42 Å². The Hall–Kier alpha value is -2.17. The van der Waals surface area contributed by atoms with E-state index in [2.05, 4.69) is 15.5 Å². The number of nitrogens with zero attached hydrogens (tertiary/aromatic N) is 2. The van der Waals surface area contributed by atoms with E-state index in [1.165, 1.54) is 4.31 Å². The van der Waals surface area contributed by atoms with Gasteiger partial charge in [0.25, 0.3) is 0 Å². The van der Waals surface area contributed by atoms with Crippen LogP contribution in [0.1, 0.15) is 6.42 Å². The Morgan fingerprint density at radius 1 is 1.04 bits per heavy atom. The summed E-state index contributed by atoms with van der Waals surface area (Å²) in [7, 11) is -3.24. The highest BCUT2D eigenvalue weighted by atomic mass is 32.2. The molecule has 0 saturated carbocycles. The fraction of sp³-hybridized carbons (Fsp3) is 0.529. The summed E-state index contributed by atoms with van der Waals surface area (Å²) in [4.78, 5) is 26.0. The molecule has 2 saturated heterocycles. The fourth-order valence-electron chi connectivity index (χ4n) is 3.06. The molecule has 0 unspecified atom stereocenters. The quantitative estimate of drug-likeness (QED) is 0.657. The van der Waals surface area contributed by atoms with Gasteiger partial charge in [-0.15, -0.1) is 0 Å². The zero-order valence-electron chi connectivity index (χ0n) is 15.0. The van der Waals surface area contributed by atoms with Gasteiger partial charge in [0.2, 0.25) is 10.0 Å². The first-order valence-electron chi connectivity index (χ1n) is 8.95. The Kier molecular flexibility index (Phi) is 6.30. The summed E-state index contributed by atoms with van der Waals surface area (Å²) < 4.78 is 30.5. The largest absolute Gasteiger partial charge is 0.379 e. The monoisotopic (exact) mass is 396 g/mol. The van der Waals surface area contributed by atoms with Crippen LogP contribution in [0.4, 0.5) is 11.4 Å². The van der Waals surface area contributed by atoms with E-state index in [0.29, 0.717) is 50.6 Å². The number of ether oxygens (including phenoxy) is 1. The van der Waals surface area contributed by atoms with Crippen molar-refractivity contribution >= 4 is 33.2 Å². The van der Waals surface area contributed by atoms with Gasteiger partial charge in [0, 0.05) is 38.4 Å². The molecule has 0 atom stereocenters. The van der Waals surface area contributed by atoms with Crippen molar-refractivity contribution in [3.63, 3.8) is 0 Å². The van der Waals surface area contributed by atoms with Crippen LogP contribution in [0.5, 0.6) is 0 Å². The van der Waals surface area contributed by atoms with E-state index < -0.39 is 21.8 Å². The van der Waals surface area contributed by atoms with Crippen LogP contribution in [0.3, 0.4) is 0 Å². The van der Waals surface area contributed by atoms with Gasteiger partial charge in [-0.1, -0.05) is 0 Å². The minimum absolute atomic E-state index is 0.149. The molecule has 1 aromatic carbocycles. The van der Waals surface area contributed by atoms with Crippen LogP contribution in [0.15, 0.2) is 24.3 Å². The number of hydrogen-bond acceptors (Lipinski definition) is 6. The molecular weight excluding hydrogens is 372 g/mol. The van der Waals surface area contributed by atoms with Gasteiger partial charge in [-0.3, -0.25) is 18.8 Å². The van der Waals surface area contributed by atoms with Gasteiger partial charge in [-0.2, -0.15) is 0 Å². The number of anilines is 2. The van der Waals surface area contributed by atoms with Crippen molar-refractivity contribution in [2.75, 3.05) is 61.3 Å².